The van der Waals surface area contributed by atoms with Crippen molar-refractivity contribution < 1.29 is 4.79 Å². The molecule has 2 atom stereocenters. The highest BCUT2D eigenvalue weighted by Gasteiger charge is 2.36. The fraction of sp³-hybridized carbons (Fsp3) is 0.889. The van der Waals surface area contributed by atoms with Gasteiger partial charge in [0.1, 0.15) is 0 Å². The van der Waals surface area contributed by atoms with E-state index in [1.807, 2.05) is 0 Å². The van der Waals surface area contributed by atoms with E-state index in [1.165, 1.54) is 19.3 Å². The van der Waals surface area contributed by atoms with Crippen LogP contribution in [-0.4, -0.2) is 17.8 Å². The Morgan fingerprint density at radius 2 is 2.42 bits per heavy atom. The summed E-state index contributed by atoms with van der Waals surface area (Å²) in [6, 6.07) is 0.459. The number of carbonyl (C=O) groups is 1. The van der Waals surface area contributed by atoms with Gasteiger partial charge in [0.25, 0.3) is 0 Å². The zero-order chi connectivity index (χ0) is 8.97. The lowest BCUT2D eigenvalue weighted by Gasteiger charge is -2.01. The minimum atomic E-state index is 0.105. The van der Waals surface area contributed by atoms with Crippen LogP contribution in [0.25, 0.3) is 0 Å². The van der Waals surface area contributed by atoms with E-state index in [9.17, 15) is 4.79 Å². The lowest BCUT2D eigenvalue weighted by molar-refractivity contribution is -0.120. The van der Waals surface area contributed by atoms with Crippen LogP contribution in [0.15, 0.2) is 0 Å². The van der Waals surface area contributed by atoms with Gasteiger partial charge in [0.05, 0.1) is 0 Å². The molecule has 1 fully saturated rings. The molecule has 1 aliphatic carbocycles. The number of hydrogen-bond donors (Lipinski definition) is 1. The van der Waals surface area contributed by atoms with E-state index in [4.69, 9.17) is 11.6 Å². The maximum Gasteiger partial charge on any atom is 0.221 e. The number of halogens is 1. The minimum absolute atomic E-state index is 0.105. The van der Waals surface area contributed by atoms with Gasteiger partial charge in [0.2, 0.25) is 5.91 Å². The number of hydrogen-bond acceptors (Lipinski definition) is 1. The smallest absolute Gasteiger partial charge is 0.221 e. The van der Waals surface area contributed by atoms with Crippen LogP contribution in [0.3, 0.4) is 0 Å². The first-order chi connectivity index (χ1) is 5.77. The van der Waals surface area contributed by atoms with Gasteiger partial charge in [0, 0.05) is 18.3 Å². The monoisotopic (exact) mass is 189 g/mol. The molecule has 3 heteroatoms. The Hall–Kier alpha value is -0.240. The van der Waals surface area contributed by atoms with Crippen molar-refractivity contribution in [2.24, 2.45) is 5.92 Å². The zero-order valence-electron chi connectivity index (χ0n) is 7.48. The van der Waals surface area contributed by atoms with E-state index in [1.54, 1.807) is 0 Å². The summed E-state index contributed by atoms with van der Waals surface area (Å²) >= 11 is 5.44. The standard InChI is InChI=1S/C9H16ClNO/c1-2-3-7-6-8(7)11-9(12)4-5-10/h7-8H,2-6H2,1H3,(H,11,12). The van der Waals surface area contributed by atoms with Crippen molar-refractivity contribution >= 4 is 17.5 Å². The van der Waals surface area contributed by atoms with Crippen molar-refractivity contribution in [2.45, 2.75) is 38.6 Å². The molecule has 1 N–H and O–H groups in total. The highest BCUT2D eigenvalue weighted by Crippen LogP contribution is 2.34. The Morgan fingerprint density at radius 1 is 1.67 bits per heavy atom. The van der Waals surface area contributed by atoms with E-state index in [-0.39, 0.29) is 5.91 Å². The predicted molar refractivity (Wildman–Crippen MR) is 50.3 cm³/mol. The van der Waals surface area contributed by atoms with E-state index >= 15 is 0 Å². The molecule has 70 valence electrons. The number of alkyl halides is 1. The second-order valence-corrected chi connectivity index (χ2v) is 3.78. The van der Waals surface area contributed by atoms with Gasteiger partial charge >= 0.3 is 0 Å². The molecule has 2 nitrogen and oxygen atoms in total. The van der Waals surface area contributed by atoms with Gasteiger partial charge in [-0.2, -0.15) is 0 Å². The normalized spacial score (nSPS) is 26.8. The van der Waals surface area contributed by atoms with Gasteiger partial charge in [-0.15, -0.1) is 11.6 Å². The lowest BCUT2D eigenvalue weighted by Crippen LogP contribution is -2.26. The highest BCUT2D eigenvalue weighted by atomic mass is 35.5. The van der Waals surface area contributed by atoms with Crippen LogP contribution in [0.4, 0.5) is 0 Å². The van der Waals surface area contributed by atoms with Crippen LogP contribution in [-0.2, 0) is 4.79 Å². The summed E-state index contributed by atoms with van der Waals surface area (Å²) < 4.78 is 0. The molecule has 1 amide bonds. The van der Waals surface area contributed by atoms with Crippen LogP contribution in [0.5, 0.6) is 0 Å². The molecular weight excluding hydrogens is 174 g/mol. The summed E-state index contributed by atoms with van der Waals surface area (Å²) in [5.74, 6) is 1.28. The Balaban J connectivity index is 2.06. The number of carbonyl (C=O) groups excluding carboxylic acids is 1. The average molecular weight is 190 g/mol. The Kier molecular flexibility index (Phi) is 3.86. The van der Waals surface area contributed by atoms with Gasteiger partial charge in [-0.25, -0.2) is 0 Å². The van der Waals surface area contributed by atoms with Crippen molar-refractivity contribution in [3.63, 3.8) is 0 Å². The molecule has 0 bridgehead atoms. The molecule has 0 aliphatic heterocycles. The Morgan fingerprint density at radius 3 is 3.00 bits per heavy atom. The van der Waals surface area contributed by atoms with E-state index in [0.29, 0.717) is 18.3 Å². The third-order valence-corrected chi connectivity index (χ3v) is 2.44. The van der Waals surface area contributed by atoms with Gasteiger partial charge in [-0.3, -0.25) is 4.79 Å². The third kappa shape index (κ3) is 3.02. The zero-order valence-corrected chi connectivity index (χ0v) is 8.23. The molecule has 0 aromatic rings. The van der Waals surface area contributed by atoms with Crippen molar-refractivity contribution in [2.75, 3.05) is 5.88 Å². The second-order valence-electron chi connectivity index (χ2n) is 3.40. The van der Waals surface area contributed by atoms with Crippen LogP contribution in [0.2, 0.25) is 0 Å². The molecule has 1 saturated carbocycles. The van der Waals surface area contributed by atoms with Crippen molar-refractivity contribution in [1.29, 1.82) is 0 Å². The van der Waals surface area contributed by atoms with Crippen LogP contribution in [0.1, 0.15) is 32.6 Å². The van der Waals surface area contributed by atoms with Gasteiger partial charge < -0.3 is 5.32 Å². The number of rotatable bonds is 5. The van der Waals surface area contributed by atoms with Gasteiger partial charge in [-0.1, -0.05) is 13.3 Å². The molecular formula is C9H16ClNO. The lowest BCUT2D eigenvalue weighted by atomic mass is 10.2. The van der Waals surface area contributed by atoms with Crippen molar-refractivity contribution in [3.8, 4) is 0 Å². The molecule has 0 aromatic heterocycles. The van der Waals surface area contributed by atoms with Gasteiger partial charge in [0.15, 0.2) is 0 Å². The predicted octanol–water partition coefficient (Wildman–Crippen LogP) is 1.92. The molecule has 0 radical (unpaired) electrons. The molecule has 1 aliphatic rings. The van der Waals surface area contributed by atoms with Crippen molar-refractivity contribution in [3.05, 3.63) is 0 Å². The largest absolute Gasteiger partial charge is 0.353 e. The second kappa shape index (κ2) is 4.70. The van der Waals surface area contributed by atoms with E-state index in [2.05, 4.69) is 12.2 Å². The summed E-state index contributed by atoms with van der Waals surface area (Å²) in [6.45, 7) is 2.18. The molecule has 12 heavy (non-hydrogen) atoms. The molecule has 1 rings (SSSR count). The van der Waals surface area contributed by atoms with Crippen molar-refractivity contribution in [1.82, 2.24) is 5.32 Å². The third-order valence-electron chi connectivity index (χ3n) is 2.25. The molecule has 2 unspecified atom stereocenters. The quantitative estimate of drug-likeness (QED) is 0.658. The summed E-state index contributed by atoms with van der Waals surface area (Å²) in [7, 11) is 0. The molecule has 0 heterocycles. The van der Waals surface area contributed by atoms with Crippen LogP contribution < -0.4 is 5.32 Å². The summed E-state index contributed by atoms with van der Waals surface area (Å²) in [4.78, 5) is 11.0. The van der Waals surface area contributed by atoms with Crippen LogP contribution in [0, 0.1) is 5.92 Å². The molecule has 0 aromatic carbocycles. The first kappa shape index (κ1) is 9.85. The number of amides is 1. The van der Waals surface area contributed by atoms with Crippen LogP contribution >= 0.6 is 11.6 Å². The number of nitrogens with one attached hydrogen (secondary N) is 1. The van der Waals surface area contributed by atoms with E-state index < -0.39 is 0 Å². The highest BCUT2D eigenvalue weighted by molar-refractivity contribution is 6.18. The first-order valence-corrected chi connectivity index (χ1v) is 5.16. The average Bonchev–Trinajstić information content (AvgIpc) is 2.69. The Bertz CT molecular complexity index is 161. The summed E-state index contributed by atoms with van der Waals surface area (Å²) in [6.07, 6.45) is 4.08. The van der Waals surface area contributed by atoms with E-state index in [0.717, 1.165) is 5.92 Å². The topological polar surface area (TPSA) is 29.1 Å². The minimum Gasteiger partial charge on any atom is -0.353 e. The van der Waals surface area contributed by atoms with Gasteiger partial charge in [-0.05, 0) is 18.8 Å². The molecule has 0 saturated heterocycles. The SMILES string of the molecule is CCCC1CC1NC(=O)CCCl. The summed E-state index contributed by atoms with van der Waals surface area (Å²) in [5.41, 5.74) is 0. The maximum atomic E-state index is 11.0. The summed E-state index contributed by atoms with van der Waals surface area (Å²) in [5, 5.41) is 2.97. The fourth-order valence-electron chi connectivity index (χ4n) is 1.48. The first-order valence-electron chi connectivity index (χ1n) is 4.63. The fourth-order valence-corrected chi connectivity index (χ4v) is 1.65. The maximum absolute atomic E-state index is 11.0. The molecule has 0 spiro atoms. The Labute approximate surface area is 78.7 Å².